The normalized spacial score (nSPS) is 27.4. The zero-order valence-electron chi connectivity index (χ0n) is 16.3. The summed E-state index contributed by atoms with van der Waals surface area (Å²) in [4.78, 5) is 18.6. The molecule has 0 amide bonds. The lowest BCUT2D eigenvalue weighted by Crippen LogP contribution is -2.42. The molecule has 2 fully saturated rings. The predicted molar refractivity (Wildman–Crippen MR) is 103 cm³/mol. The lowest BCUT2D eigenvalue weighted by atomic mass is 9.78. The van der Waals surface area contributed by atoms with E-state index in [0.29, 0.717) is 23.1 Å². The number of likely N-dealkylation sites (tertiary alicyclic amines) is 1. The summed E-state index contributed by atoms with van der Waals surface area (Å²) in [6.07, 6.45) is 4.58. The monoisotopic (exact) mass is 385 g/mol. The highest BCUT2D eigenvalue weighted by Gasteiger charge is 2.42. The Morgan fingerprint density at radius 1 is 1.29 bits per heavy atom. The molecule has 0 unspecified atom stereocenters. The second-order valence-electron chi connectivity index (χ2n) is 7.88. The van der Waals surface area contributed by atoms with E-state index in [4.69, 9.17) is 9.47 Å². The average molecular weight is 385 g/mol. The SMILES string of the molecule is COC(=O)c1cccc(O[C@@H]2C[C@@H]3CN(Cc4nccn4C)C[C@@H]3C[C@H]2O)c1. The standard InChI is InChI=1S/C21H27N3O4/c1-23-7-6-22-20(23)13-24-11-15-9-18(25)19(10-16(15)12-24)28-17-5-3-4-14(8-17)21(26)27-2/h3-8,15-16,18-19,25H,9-13H2,1-2H3/t15-,16+,18+,19+/m0/s1. The van der Waals surface area contributed by atoms with E-state index in [1.807, 2.05) is 25.5 Å². The van der Waals surface area contributed by atoms with Crippen LogP contribution in [0.5, 0.6) is 5.75 Å². The molecule has 0 spiro atoms. The van der Waals surface area contributed by atoms with E-state index < -0.39 is 12.1 Å². The molecule has 1 N–H and O–H groups in total. The first-order chi connectivity index (χ1) is 13.5. The third-order valence-electron chi connectivity index (χ3n) is 5.99. The number of fused-ring (bicyclic) bond motifs is 1. The van der Waals surface area contributed by atoms with Gasteiger partial charge in [-0.2, -0.15) is 0 Å². The summed E-state index contributed by atoms with van der Waals surface area (Å²) >= 11 is 0. The molecular formula is C21H27N3O4. The molecule has 28 heavy (non-hydrogen) atoms. The van der Waals surface area contributed by atoms with Crippen molar-refractivity contribution in [1.82, 2.24) is 14.5 Å². The predicted octanol–water partition coefficient (Wildman–Crippen LogP) is 1.86. The number of rotatable bonds is 5. The molecule has 7 nitrogen and oxygen atoms in total. The van der Waals surface area contributed by atoms with Crippen LogP contribution in [0, 0.1) is 11.8 Å². The number of imidazole rings is 1. The van der Waals surface area contributed by atoms with Crippen molar-refractivity contribution < 1.29 is 19.4 Å². The molecule has 7 heteroatoms. The number of methoxy groups -OCH3 is 1. The molecule has 4 rings (SSSR count). The second-order valence-corrected chi connectivity index (χ2v) is 7.88. The fourth-order valence-electron chi connectivity index (χ4n) is 4.48. The zero-order chi connectivity index (χ0) is 19.7. The molecule has 1 saturated carbocycles. The van der Waals surface area contributed by atoms with Gasteiger partial charge in [0.1, 0.15) is 17.7 Å². The van der Waals surface area contributed by atoms with Crippen LogP contribution < -0.4 is 4.74 Å². The topological polar surface area (TPSA) is 76.8 Å². The number of aliphatic hydroxyl groups excluding tert-OH is 1. The smallest absolute Gasteiger partial charge is 0.337 e. The van der Waals surface area contributed by atoms with Crippen LogP contribution in [0.15, 0.2) is 36.7 Å². The Labute approximate surface area is 164 Å². The van der Waals surface area contributed by atoms with Gasteiger partial charge in [0.05, 0.1) is 25.3 Å². The van der Waals surface area contributed by atoms with Crippen molar-refractivity contribution >= 4 is 5.97 Å². The van der Waals surface area contributed by atoms with E-state index in [1.54, 1.807) is 18.2 Å². The summed E-state index contributed by atoms with van der Waals surface area (Å²) in [7, 11) is 3.37. The third-order valence-corrected chi connectivity index (χ3v) is 5.99. The van der Waals surface area contributed by atoms with Gasteiger partial charge in [-0.15, -0.1) is 0 Å². The van der Waals surface area contributed by atoms with Gasteiger partial charge in [-0.25, -0.2) is 9.78 Å². The Kier molecular flexibility index (Phi) is 5.37. The van der Waals surface area contributed by atoms with Crippen LogP contribution in [-0.4, -0.2) is 57.9 Å². The molecule has 4 atom stereocenters. The number of hydrogen-bond acceptors (Lipinski definition) is 6. The van der Waals surface area contributed by atoms with Crippen LogP contribution in [0.2, 0.25) is 0 Å². The van der Waals surface area contributed by atoms with Crippen LogP contribution in [-0.2, 0) is 18.3 Å². The highest BCUT2D eigenvalue weighted by Crippen LogP contribution is 2.38. The first kappa shape index (κ1) is 19.0. The highest BCUT2D eigenvalue weighted by atomic mass is 16.5. The molecule has 1 aliphatic heterocycles. The summed E-state index contributed by atoms with van der Waals surface area (Å²) in [6.45, 7) is 2.81. The van der Waals surface area contributed by atoms with Crippen LogP contribution in [0.1, 0.15) is 29.0 Å². The number of nitrogens with zero attached hydrogens (tertiary/aromatic N) is 3. The molecule has 2 aromatic rings. The van der Waals surface area contributed by atoms with E-state index in [2.05, 4.69) is 14.5 Å². The van der Waals surface area contributed by atoms with Crippen LogP contribution in [0.25, 0.3) is 0 Å². The maximum absolute atomic E-state index is 11.7. The first-order valence-corrected chi connectivity index (χ1v) is 9.75. The van der Waals surface area contributed by atoms with E-state index >= 15 is 0 Å². The molecule has 1 aromatic carbocycles. The van der Waals surface area contributed by atoms with Gasteiger partial charge in [0.2, 0.25) is 0 Å². The van der Waals surface area contributed by atoms with Crippen molar-refractivity contribution in [3.63, 3.8) is 0 Å². The average Bonchev–Trinajstić information content (AvgIpc) is 3.27. The number of esters is 1. The Morgan fingerprint density at radius 2 is 2.07 bits per heavy atom. The number of aryl methyl sites for hydroxylation is 1. The summed E-state index contributed by atoms with van der Waals surface area (Å²) < 4.78 is 12.9. The lowest BCUT2D eigenvalue weighted by Gasteiger charge is -2.35. The summed E-state index contributed by atoms with van der Waals surface area (Å²) in [5.41, 5.74) is 0.449. The van der Waals surface area contributed by atoms with Gasteiger partial charge < -0.3 is 19.1 Å². The quantitative estimate of drug-likeness (QED) is 0.792. The van der Waals surface area contributed by atoms with Gasteiger partial charge in [0.25, 0.3) is 0 Å². The Hall–Kier alpha value is -2.38. The number of carbonyl (C=O) groups excluding carboxylic acids is 1. The van der Waals surface area contributed by atoms with Crippen molar-refractivity contribution in [3.05, 3.63) is 48.0 Å². The van der Waals surface area contributed by atoms with Crippen molar-refractivity contribution in [2.75, 3.05) is 20.2 Å². The van der Waals surface area contributed by atoms with Crippen LogP contribution in [0.4, 0.5) is 0 Å². The van der Waals surface area contributed by atoms with Gasteiger partial charge >= 0.3 is 5.97 Å². The summed E-state index contributed by atoms with van der Waals surface area (Å²) in [5, 5.41) is 10.6. The van der Waals surface area contributed by atoms with E-state index in [1.165, 1.54) is 7.11 Å². The fourth-order valence-corrected chi connectivity index (χ4v) is 4.48. The maximum Gasteiger partial charge on any atom is 0.337 e. The Bertz CT molecular complexity index is 837. The largest absolute Gasteiger partial charge is 0.488 e. The first-order valence-electron chi connectivity index (χ1n) is 9.75. The van der Waals surface area contributed by atoms with Gasteiger partial charge in [-0.3, -0.25) is 4.90 Å². The minimum absolute atomic E-state index is 0.262. The molecule has 2 aliphatic rings. The van der Waals surface area contributed by atoms with E-state index in [9.17, 15) is 9.90 Å². The van der Waals surface area contributed by atoms with Gasteiger partial charge in [-0.05, 0) is 42.9 Å². The van der Waals surface area contributed by atoms with Gasteiger partial charge in [-0.1, -0.05) is 6.07 Å². The Morgan fingerprint density at radius 3 is 2.79 bits per heavy atom. The maximum atomic E-state index is 11.7. The minimum atomic E-state index is -0.504. The number of benzene rings is 1. The second kappa shape index (κ2) is 7.93. The number of ether oxygens (including phenoxy) is 2. The van der Waals surface area contributed by atoms with E-state index in [-0.39, 0.29) is 6.10 Å². The van der Waals surface area contributed by atoms with Crippen molar-refractivity contribution in [2.24, 2.45) is 18.9 Å². The van der Waals surface area contributed by atoms with Crippen LogP contribution in [0.3, 0.4) is 0 Å². The molecule has 1 aliphatic carbocycles. The minimum Gasteiger partial charge on any atom is -0.488 e. The van der Waals surface area contributed by atoms with Crippen LogP contribution >= 0.6 is 0 Å². The highest BCUT2D eigenvalue weighted by molar-refractivity contribution is 5.89. The molecule has 1 aromatic heterocycles. The summed E-state index contributed by atoms with van der Waals surface area (Å²) in [6, 6.07) is 6.95. The van der Waals surface area contributed by atoms with Crippen molar-refractivity contribution in [1.29, 1.82) is 0 Å². The molecule has 150 valence electrons. The Balaban J connectivity index is 1.39. The molecule has 0 bridgehead atoms. The van der Waals surface area contributed by atoms with Gasteiger partial charge in [0.15, 0.2) is 0 Å². The number of aromatic nitrogens is 2. The molecule has 0 radical (unpaired) electrons. The number of aliphatic hydroxyl groups is 1. The lowest BCUT2D eigenvalue weighted by molar-refractivity contribution is -0.0231. The van der Waals surface area contributed by atoms with E-state index in [0.717, 1.165) is 38.3 Å². The van der Waals surface area contributed by atoms with Gasteiger partial charge in [0, 0.05) is 32.5 Å². The summed E-state index contributed by atoms with van der Waals surface area (Å²) in [5.74, 6) is 2.24. The number of hydrogen-bond donors (Lipinski definition) is 1. The molecular weight excluding hydrogens is 358 g/mol. The zero-order valence-corrected chi connectivity index (χ0v) is 16.3. The van der Waals surface area contributed by atoms with Crippen molar-refractivity contribution in [2.45, 2.75) is 31.6 Å². The molecule has 2 heterocycles. The van der Waals surface area contributed by atoms with Crippen molar-refractivity contribution in [3.8, 4) is 5.75 Å². The fraction of sp³-hybridized carbons (Fsp3) is 0.524. The number of carbonyl (C=O) groups is 1. The third kappa shape index (κ3) is 3.91. The molecule has 1 saturated heterocycles.